The van der Waals surface area contributed by atoms with Crippen LogP contribution < -0.4 is 5.32 Å². The molecule has 1 aromatic carbocycles. The molecule has 1 heterocycles. The summed E-state index contributed by atoms with van der Waals surface area (Å²) in [5.74, 6) is 0. The van der Waals surface area contributed by atoms with Gasteiger partial charge in [0.15, 0.2) is 9.84 Å². The fourth-order valence-electron chi connectivity index (χ4n) is 2.22. The molecule has 0 amide bonds. The van der Waals surface area contributed by atoms with Crippen molar-refractivity contribution in [2.45, 2.75) is 31.7 Å². The first kappa shape index (κ1) is 15.1. The Bertz CT molecular complexity index is 717. The summed E-state index contributed by atoms with van der Waals surface area (Å²) in [6, 6.07) is 9.27. The molecule has 0 bridgehead atoms. The van der Waals surface area contributed by atoms with Gasteiger partial charge in [-0.3, -0.25) is 0 Å². The van der Waals surface area contributed by atoms with Crippen molar-refractivity contribution in [2.75, 3.05) is 11.6 Å². The van der Waals surface area contributed by atoms with E-state index in [2.05, 4.69) is 32.2 Å². The monoisotopic (exact) mass is 309 g/mol. The van der Waals surface area contributed by atoms with E-state index in [9.17, 15) is 8.42 Å². The molecule has 0 radical (unpaired) electrons. The molecule has 0 spiro atoms. The standard InChI is InChI=1S/C15H19NO2S2/c1-10-8-15(12(3)19-10)11(2)16-13-6-5-7-14(9-13)20(4,17)18/h5-9,11,16H,1-4H3. The van der Waals surface area contributed by atoms with Crippen LogP contribution >= 0.6 is 11.3 Å². The normalized spacial score (nSPS) is 13.2. The van der Waals surface area contributed by atoms with Crippen LogP contribution in [0.15, 0.2) is 35.2 Å². The van der Waals surface area contributed by atoms with Gasteiger partial charge < -0.3 is 5.32 Å². The van der Waals surface area contributed by atoms with Crippen molar-refractivity contribution in [3.05, 3.63) is 45.6 Å². The number of benzene rings is 1. The lowest BCUT2D eigenvalue weighted by molar-refractivity contribution is 0.602. The fraction of sp³-hybridized carbons (Fsp3) is 0.333. The molecule has 0 fully saturated rings. The van der Waals surface area contributed by atoms with E-state index in [1.807, 2.05) is 6.07 Å². The van der Waals surface area contributed by atoms with Crippen molar-refractivity contribution in [2.24, 2.45) is 0 Å². The highest BCUT2D eigenvalue weighted by atomic mass is 32.2. The van der Waals surface area contributed by atoms with Crippen molar-refractivity contribution < 1.29 is 8.42 Å². The lowest BCUT2D eigenvalue weighted by Gasteiger charge is -2.16. The van der Waals surface area contributed by atoms with Gasteiger partial charge in [0.25, 0.3) is 0 Å². The highest BCUT2D eigenvalue weighted by Gasteiger charge is 2.12. The number of hydrogen-bond acceptors (Lipinski definition) is 4. The van der Waals surface area contributed by atoms with E-state index in [0.29, 0.717) is 4.90 Å². The molecular formula is C15H19NO2S2. The Morgan fingerprint density at radius 1 is 1.20 bits per heavy atom. The van der Waals surface area contributed by atoms with Crippen molar-refractivity contribution >= 4 is 26.9 Å². The Kier molecular flexibility index (Phi) is 4.20. The van der Waals surface area contributed by atoms with Gasteiger partial charge in [-0.05, 0) is 50.6 Å². The molecular weight excluding hydrogens is 290 g/mol. The predicted molar refractivity (Wildman–Crippen MR) is 85.4 cm³/mol. The Morgan fingerprint density at radius 2 is 1.90 bits per heavy atom. The largest absolute Gasteiger partial charge is 0.378 e. The molecule has 1 aromatic heterocycles. The third kappa shape index (κ3) is 3.41. The third-order valence-corrected chi connectivity index (χ3v) is 5.28. The minimum Gasteiger partial charge on any atom is -0.378 e. The summed E-state index contributed by atoms with van der Waals surface area (Å²) in [5, 5.41) is 3.37. The lowest BCUT2D eigenvalue weighted by Crippen LogP contribution is -2.07. The number of aryl methyl sites for hydroxylation is 2. The number of anilines is 1. The predicted octanol–water partition coefficient (Wildman–Crippen LogP) is 3.94. The zero-order chi connectivity index (χ0) is 14.9. The number of hydrogen-bond donors (Lipinski definition) is 1. The van der Waals surface area contributed by atoms with Crippen molar-refractivity contribution in [3.63, 3.8) is 0 Å². The molecule has 108 valence electrons. The van der Waals surface area contributed by atoms with E-state index in [0.717, 1.165) is 5.69 Å². The number of rotatable bonds is 4. The maximum atomic E-state index is 11.6. The molecule has 0 aliphatic rings. The van der Waals surface area contributed by atoms with Gasteiger partial charge in [-0.1, -0.05) is 6.07 Å². The van der Waals surface area contributed by atoms with Gasteiger partial charge >= 0.3 is 0 Å². The van der Waals surface area contributed by atoms with Crippen LogP contribution in [0.1, 0.15) is 28.3 Å². The summed E-state index contributed by atoms with van der Waals surface area (Å²) >= 11 is 1.78. The fourth-order valence-corrected chi connectivity index (χ4v) is 3.91. The van der Waals surface area contributed by atoms with Crippen LogP contribution in [0.4, 0.5) is 5.69 Å². The molecule has 20 heavy (non-hydrogen) atoms. The third-order valence-electron chi connectivity index (χ3n) is 3.19. The van der Waals surface area contributed by atoms with Crippen LogP contribution in [0, 0.1) is 13.8 Å². The van der Waals surface area contributed by atoms with Gasteiger partial charge in [-0.2, -0.15) is 0 Å². The Hall–Kier alpha value is -1.33. The first-order chi connectivity index (χ1) is 9.27. The van der Waals surface area contributed by atoms with Crippen molar-refractivity contribution in [1.82, 2.24) is 0 Å². The first-order valence-electron chi connectivity index (χ1n) is 6.41. The molecule has 2 rings (SSSR count). The maximum Gasteiger partial charge on any atom is 0.175 e. The summed E-state index contributed by atoms with van der Waals surface area (Å²) < 4.78 is 23.1. The molecule has 2 aromatic rings. The number of nitrogens with one attached hydrogen (secondary N) is 1. The average Bonchev–Trinajstić information content (AvgIpc) is 2.68. The Morgan fingerprint density at radius 3 is 2.45 bits per heavy atom. The topological polar surface area (TPSA) is 46.2 Å². The highest BCUT2D eigenvalue weighted by molar-refractivity contribution is 7.90. The van der Waals surface area contributed by atoms with E-state index in [1.165, 1.54) is 21.6 Å². The molecule has 1 unspecified atom stereocenters. The Balaban J connectivity index is 2.24. The summed E-state index contributed by atoms with van der Waals surface area (Å²) in [5.41, 5.74) is 2.08. The second-order valence-corrected chi connectivity index (χ2v) is 8.51. The first-order valence-corrected chi connectivity index (χ1v) is 9.12. The van der Waals surface area contributed by atoms with Gasteiger partial charge in [0.05, 0.1) is 4.90 Å². The second kappa shape index (κ2) is 5.58. The summed E-state index contributed by atoms with van der Waals surface area (Å²) in [4.78, 5) is 2.92. The molecule has 0 saturated heterocycles. The summed E-state index contributed by atoms with van der Waals surface area (Å²) in [6.07, 6.45) is 1.22. The van der Waals surface area contributed by atoms with Crippen LogP contribution in [0.2, 0.25) is 0 Å². The van der Waals surface area contributed by atoms with Crippen LogP contribution in [-0.2, 0) is 9.84 Å². The van der Waals surface area contributed by atoms with Gasteiger partial charge in [0, 0.05) is 27.7 Å². The second-order valence-electron chi connectivity index (χ2n) is 5.03. The minimum absolute atomic E-state index is 0.148. The van der Waals surface area contributed by atoms with Crippen LogP contribution in [0.3, 0.4) is 0 Å². The highest BCUT2D eigenvalue weighted by Crippen LogP contribution is 2.29. The van der Waals surface area contributed by atoms with Gasteiger partial charge in [-0.25, -0.2) is 8.42 Å². The molecule has 5 heteroatoms. The zero-order valence-corrected chi connectivity index (χ0v) is 13.7. The van der Waals surface area contributed by atoms with E-state index in [4.69, 9.17) is 0 Å². The number of sulfone groups is 1. The summed E-state index contributed by atoms with van der Waals surface area (Å²) in [7, 11) is -3.17. The van der Waals surface area contributed by atoms with Gasteiger partial charge in [0.2, 0.25) is 0 Å². The molecule has 1 N–H and O–H groups in total. The van der Waals surface area contributed by atoms with E-state index >= 15 is 0 Å². The van der Waals surface area contributed by atoms with Crippen LogP contribution in [0.5, 0.6) is 0 Å². The molecule has 0 aliphatic carbocycles. The molecule has 0 saturated carbocycles. The van der Waals surface area contributed by atoms with Crippen molar-refractivity contribution in [3.8, 4) is 0 Å². The van der Waals surface area contributed by atoms with E-state index in [-0.39, 0.29) is 6.04 Å². The minimum atomic E-state index is -3.17. The Labute approximate surface area is 124 Å². The van der Waals surface area contributed by atoms with Crippen LogP contribution in [-0.4, -0.2) is 14.7 Å². The lowest BCUT2D eigenvalue weighted by atomic mass is 10.1. The maximum absolute atomic E-state index is 11.6. The molecule has 3 nitrogen and oxygen atoms in total. The zero-order valence-electron chi connectivity index (χ0n) is 12.1. The molecule has 1 atom stereocenters. The van der Waals surface area contributed by atoms with Crippen molar-refractivity contribution in [1.29, 1.82) is 0 Å². The van der Waals surface area contributed by atoms with Gasteiger partial charge in [0.1, 0.15) is 0 Å². The van der Waals surface area contributed by atoms with Gasteiger partial charge in [-0.15, -0.1) is 11.3 Å². The smallest absolute Gasteiger partial charge is 0.175 e. The number of thiophene rings is 1. The van der Waals surface area contributed by atoms with E-state index in [1.54, 1.807) is 29.5 Å². The molecule has 0 aliphatic heterocycles. The quantitative estimate of drug-likeness (QED) is 0.930. The van der Waals surface area contributed by atoms with Crippen LogP contribution in [0.25, 0.3) is 0 Å². The SMILES string of the molecule is Cc1cc(C(C)Nc2cccc(S(C)(=O)=O)c2)c(C)s1. The van der Waals surface area contributed by atoms with E-state index < -0.39 is 9.84 Å². The average molecular weight is 309 g/mol. The summed E-state index contributed by atoms with van der Waals surface area (Å²) in [6.45, 7) is 6.29.